The van der Waals surface area contributed by atoms with Gasteiger partial charge in [0, 0.05) is 31.2 Å². The van der Waals surface area contributed by atoms with Crippen molar-refractivity contribution < 1.29 is 14.3 Å². The molecule has 0 atom stereocenters. The lowest BCUT2D eigenvalue weighted by molar-refractivity contribution is -0.126. The summed E-state index contributed by atoms with van der Waals surface area (Å²) < 4.78 is 11.4. The van der Waals surface area contributed by atoms with Crippen LogP contribution in [0.2, 0.25) is 0 Å². The Labute approximate surface area is 179 Å². The molecular formula is C26H31NO3. The number of nitrogens with zero attached hydrogens (tertiary/aromatic N) is 1. The van der Waals surface area contributed by atoms with Crippen LogP contribution in [0.1, 0.15) is 31.4 Å². The van der Waals surface area contributed by atoms with Gasteiger partial charge in [-0.15, -0.1) is 0 Å². The van der Waals surface area contributed by atoms with E-state index in [1.807, 2.05) is 47.4 Å². The van der Waals surface area contributed by atoms with Crippen molar-refractivity contribution in [2.45, 2.75) is 32.3 Å². The Morgan fingerprint density at radius 3 is 2.73 bits per heavy atom. The molecule has 1 fully saturated rings. The molecular weight excluding hydrogens is 374 g/mol. The molecule has 0 bridgehead atoms. The zero-order valence-corrected chi connectivity index (χ0v) is 17.9. The van der Waals surface area contributed by atoms with E-state index in [1.54, 1.807) is 6.08 Å². The largest absolute Gasteiger partial charge is 0.489 e. The second kappa shape index (κ2) is 10.8. The molecule has 30 heavy (non-hydrogen) atoms. The maximum absolute atomic E-state index is 12.3. The van der Waals surface area contributed by atoms with Crippen LogP contribution in [0.3, 0.4) is 0 Å². The van der Waals surface area contributed by atoms with E-state index >= 15 is 0 Å². The van der Waals surface area contributed by atoms with Gasteiger partial charge in [0.2, 0.25) is 5.91 Å². The Morgan fingerprint density at radius 2 is 1.90 bits per heavy atom. The monoisotopic (exact) mass is 405 g/mol. The van der Waals surface area contributed by atoms with Crippen molar-refractivity contribution in [1.82, 2.24) is 4.90 Å². The summed E-state index contributed by atoms with van der Waals surface area (Å²) in [6.45, 7) is 7.62. The summed E-state index contributed by atoms with van der Waals surface area (Å²) in [5, 5.41) is 0. The number of hydrogen-bond donors (Lipinski definition) is 0. The van der Waals surface area contributed by atoms with Gasteiger partial charge in [-0.1, -0.05) is 74.5 Å². The van der Waals surface area contributed by atoms with Crippen LogP contribution in [-0.2, 0) is 21.6 Å². The molecule has 1 saturated heterocycles. The van der Waals surface area contributed by atoms with E-state index in [1.165, 1.54) is 0 Å². The standard InChI is InChI=1S/C26H31NO3/c1-26(2,15-7-6-14-25(28)27-16-9-18-29-19-17-27)23-12-8-13-24(20-23)30-21-22-10-4-3-5-11-22/h3-8,10-15,20H,9,16-19,21H2,1-2H3/b14-6+,15-7+. The summed E-state index contributed by atoms with van der Waals surface area (Å²) in [6.07, 6.45) is 8.41. The van der Waals surface area contributed by atoms with Crippen molar-refractivity contribution in [1.29, 1.82) is 0 Å². The lowest BCUT2D eigenvalue weighted by Crippen LogP contribution is -2.31. The van der Waals surface area contributed by atoms with Gasteiger partial charge >= 0.3 is 0 Å². The first kappa shape index (κ1) is 21.8. The van der Waals surface area contributed by atoms with Gasteiger partial charge in [0.25, 0.3) is 0 Å². The minimum atomic E-state index is -0.185. The molecule has 158 valence electrons. The van der Waals surface area contributed by atoms with Gasteiger partial charge in [-0.25, -0.2) is 0 Å². The predicted molar refractivity (Wildman–Crippen MR) is 121 cm³/mol. The van der Waals surface area contributed by atoms with Crippen molar-refractivity contribution in [2.75, 3.05) is 26.3 Å². The molecule has 2 aromatic carbocycles. The van der Waals surface area contributed by atoms with Gasteiger partial charge in [0.15, 0.2) is 0 Å². The second-order valence-corrected chi connectivity index (χ2v) is 8.03. The van der Waals surface area contributed by atoms with Gasteiger partial charge < -0.3 is 14.4 Å². The minimum Gasteiger partial charge on any atom is -0.489 e. The van der Waals surface area contributed by atoms with Gasteiger partial charge in [-0.2, -0.15) is 0 Å². The van der Waals surface area contributed by atoms with Crippen LogP contribution in [0.4, 0.5) is 0 Å². The molecule has 0 aromatic heterocycles. The second-order valence-electron chi connectivity index (χ2n) is 8.03. The van der Waals surface area contributed by atoms with Crippen LogP contribution in [0.15, 0.2) is 78.9 Å². The van der Waals surface area contributed by atoms with Gasteiger partial charge in [0.1, 0.15) is 12.4 Å². The van der Waals surface area contributed by atoms with Crippen LogP contribution < -0.4 is 4.74 Å². The van der Waals surface area contributed by atoms with Crippen molar-refractivity contribution in [3.63, 3.8) is 0 Å². The van der Waals surface area contributed by atoms with E-state index in [0.717, 1.165) is 36.4 Å². The summed E-state index contributed by atoms with van der Waals surface area (Å²) >= 11 is 0. The zero-order chi connectivity index (χ0) is 21.2. The number of amides is 1. The van der Waals surface area contributed by atoms with E-state index in [4.69, 9.17) is 9.47 Å². The number of hydrogen-bond acceptors (Lipinski definition) is 3. The third kappa shape index (κ3) is 6.60. The molecule has 4 nitrogen and oxygen atoms in total. The van der Waals surface area contributed by atoms with Crippen molar-refractivity contribution in [3.8, 4) is 5.75 Å². The fraction of sp³-hybridized carbons (Fsp3) is 0.346. The average Bonchev–Trinajstić information content (AvgIpc) is 3.06. The first-order valence-corrected chi connectivity index (χ1v) is 10.5. The molecule has 0 aliphatic carbocycles. The van der Waals surface area contributed by atoms with E-state index < -0.39 is 0 Å². The molecule has 0 radical (unpaired) electrons. The number of carbonyl (C=O) groups excluding carboxylic acids is 1. The Morgan fingerprint density at radius 1 is 1.07 bits per heavy atom. The maximum atomic E-state index is 12.3. The maximum Gasteiger partial charge on any atom is 0.246 e. The molecule has 2 aromatic rings. The van der Waals surface area contributed by atoms with E-state index in [9.17, 15) is 4.79 Å². The van der Waals surface area contributed by atoms with Gasteiger partial charge in [-0.3, -0.25) is 4.79 Å². The number of carbonyl (C=O) groups is 1. The van der Waals surface area contributed by atoms with Crippen molar-refractivity contribution >= 4 is 5.91 Å². The summed E-state index contributed by atoms with van der Waals surface area (Å²) in [6, 6.07) is 18.3. The summed E-state index contributed by atoms with van der Waals surface area (Å²) in [5.41, 5.74) is 2.12. The average molecular weight is 406 g/mol. The molecule has 4 heteroatoms. The smallest absolute Gasteiger partial charge is 0.246 e. The highest BCUT2D eigenvalue weighted by Crippen LogP contribution is 2.28. The molecule has 1 heterocycles. The van der Waals surface area contributed by atoms with Crippen molar-refractivity contribution in [2.24, 2.45) is 0 Å². The number of allylic oxidation sites excluding steroid dienone is 3. The Bertz CT molecular complexity index is 863. The topological polar surface area (TPSA) is 38.8 Å². The molecule has 1 aliphatic rings. The molecule has 1 aliphatic heterocycles. The SMILES string of the molecule is CC(C)(/C=C/C=C/C(=O)N1CCCOCC1)c1cccc(OCc2ccccc2)c1. The van der Waals surface area contributed by atoms with Crippen LogP contribution in [0.25, 0.3) is 0 Å². The molecule has 3 rings (SSSR count). The van der Waals surface area contributed by atoms with Crippen LogP contribution in [-0.4, -0.2) is 37.1 Å². The lowest BCUT2D eigenvalue weighted by atomic mass is 9.84. The van der Waals surface area contributed by atoms with Crippen LogP contribution in [0.5, 0.6) is 5.75 Å². The first-order chi connectivity index (χ1) is 14.5. The fourth-order valence-corrected chi connectivity index (χ4v) is 3.33. The molecule has 0 spiro atoms. The Balaban J connectivity index is 1.58. The van der Waals surface area contributed by atoms with E-state index in [0.29, 0.717) is 19.8 Å². The van der Waals surface area contributed by atoms with Crippen LogP contribution >= 0.6 is 0 Å². The third-order valence-electron chi connectivity index (χ3n) is 5.22. The number of ether oxygens (including phenoxy) is 2. The molecule has 0 saturated carbocycles. The highest BCUT2D eigenvalue weighted by Gasteiger charge is 2.17. The quantitative estimate of drug-likeness (QED) is 0.486. The normalized spacial score (nSPS) is 15.5. The molecule has 0 N–H and O–H groups in total. The van der Waals surface area contributed by atoms with Gasteiger partial charge in [0.05, 0.1) is 6.61 Å². The summed E-state index contributed by atoms with van der Waals surface area (Å²) in [5.74, 6) is 0.895. The molecule has 0 unspecified atom stereocenters. The minimum absolute atomic E-state index is 0.0410. The zero-order valence-electron chi connectivity index (χ0n) is 17.9. The van der Waals surface area contributed by atoms with Crippen LogP contribution in [0, 0.1) is 0 Å². The highest BCUT2D eigenvalue weighted by atomic mass is 16.5. The third-order valence-corrected chi connectivity index (χ3v) is 5.22. The summed E-state index contributed by atoms with van der Waals surface area (Å²) in [7, 11) is 0. The van der Waals surface area contributed by atoms with Gasteiger partial charge in [-0.05, 0) is 29.7 Å². The van der Waals surface area contributed by atoms with E-state index in [2.05, 4.69) is 44.2 Å². The Kier molecular flexibility index (Phi) is 7.86. The highest BCUT2D eigenvalue weighted by molar-refractivity contribution is 5.87. The fourth-order valence-electron chi connectivity index (χ4n) is 3.33. The van der Waals surface area contributed by atoms with E-state index in [-0.39, 0.29) is 11.3 Å². The summed E-state index contributed by atoms with van der Waals surface area (Å²) in [4.78, 5) is 14.2. The lowest BCUT2D eigenvalue weighted by Gasteiger charge is -2.21. The van der Waals surface area contributed by atoms with Crippen molar-refractivity contribution in [3.05, 3.63) is 90.0 Å². The Hall–Kier alpha value is -2.85. The molecule has 1 amide bonds. The predicted octanol–water partition coefficient (Wildman–Crippen LogP) is 4.90. The number of benzene rings is 2. The number of rotatable bonds is 7. The first-order valence-electron chi connectivity index (χ1n) is 10.5.